The maximum absolute atomic E-state index is 2.68. The molecule has 4 fully saturated rings. The number of benzene rings is 8. The molecule has 8 aromatic carbocycles. The fraction of sp³-hybridized carbons (Fsp3) is 0.233. The van der Waals surface area contributed by atoms with Gasteiger partial charge in [-0.2, -0.15) is 0 Å². The van der Waals surface area contributed by atoms with Gasteiger partial charge in [0.1, 0.15) is 0 Å². The van der Waals surface area contributed by atoms with Gasteiger partial charge in [0.05, 0.1) is 5.41 Å². The number of nitrogens with zero attached hydrogens (tertiary/aromatic N) is 1. The Morgan fingerprint density at radius 3 is 1.49 bits per heavy atom. The molecule has 0 atom stereocenters. The molecule has 2 spiro atoms. The molecule has 8 aromatic rings. The van der Waals surface area contributed by atoms with E-state index in [4.69, 9.17) is 0 Å². The van der Waals surface area contributed by atoms with Crippen molar-refractivity contribution in [3.8, 4) is 22.3 Å². The van der Waals surface area contributed by atoms with E-state index < -0.39 is 5.41 Å². The van der Waals surface area contributed by atoms with Crippen molar-refractivity contribution in [2.24, 2.45) is 23.7 Å². The quantitative estimate of drug-likeness (QED) is 0.172. The predicted molar refractivity (Wildman–Crippen MR) is 251 cm³/mol. The van der Waals surface area contributed by atoms with Crippen LogP contribution < -0.4 is 4.90 Å². The first-order chi connectivity index (χ1) is 30.0. The molecule has 1 heteroatoms. The predicted octanol–water partition coefficient (Wildman–Crippen LogP) is 15.0. The molecule has 0 aliphatic heterocycles. The maximum Gasteiger partial charge on any atom is 0.0720 e. The Hall–Kier alpha value is -6.18. The minimum atomic E-state index is -0.439. The van der Waals surface area contributed by atoms with E-state index in [1.54, 1.807) is 11.1 Å². The van der Waals surface area contributed by atoms with E-state index in [9.17, 15) is 0 Å². The van der Waals surface area contributed by atoms with Gasteiger partial charge in [0.25, 0.3) is 0 Å². The van der Waals surface area contributed by atoms with Gasteiger partial charge in [0, 0.05) is 27.9 Å². The molecular formula is C60H49N. The summed E-state index contributed by atoms with van der Waals surface area (Å²) in [5.41, 5.74) is 20.4. The lowest BCUT2D eigenvalue weighted by Crippen LogP contribution is -2.59. The van der Waals surface area contributed by atoms with E-state index in [2.05, 4.69) is 195 Å². The molecule has 7 aliphatic carbocycles. The third-order valence-corrected chi connectivity index (χ3v) is 17.1. The fourth-order valence-electron chi connectivity index (χ4n) is 15.0. The number of hydrogen-bond acceptors (Lipinski definition) is 1. The summed E-state index contributed by atoms with van der Waals surface area (Å²) in [5, 5.41) is 2.52. The van der Waals surface area contributed by atoms with Crippen molar-refractivity contribution in [3.05, 3.63) is 220 Å². The van der Waals surface area contributed by atoms with E-state index >= 15 is 0 Å². The first kappa shape index (κ1) is 34.5. The molecule has 0 amide bonds. The zero-order chi connectivity index (χ0) is 40.2. The molecule has 7 aliphatic rings. The number of anilines is 3. The van der Waals surface area contributed by atoms with Crippen LogP contribution in [0.1, 0.15) is 90.5 Å². The van der Waals surface area contributed by atoms with Crippen molar-refractivity contribution < 1.29 is 0 Å². The lowest BCUT2D eigenvalue weighted by Gasteiger charge is -2.65. The molecule has 0 N–H and O–H groups in total. The largest absolute Gasteiger partial charge is 0.310 e. The van der Waals surface area contributed by atoms with Crippen molar-refractivity contribution in [2.45, 2.75) is 62.2 Å². The van der Waals surface area contributed by atoms with Gasteiger partial charge in [-0.3, -0.25) is 0 Å². The first-order valence-electron chi connectivity index (χ1n) is 22.9. The summed E-state index contributed by atoms with van der Waals surface area (Å²) in [4.78, 5) is 2.58. The number of fused-ring (bicyclic) bond motifs is 13. The van der Waals surface area contributed by atoms with Crippen molar-refractivity contribution in [1.29, 1.82) is 0 Å². The Bertz CT molecular complexity index is 3090. The number of rotatable bonds is 3. The lowest BCUT2D eigenvalue weighted by molar-refractivity contribution is -0.0440. The van der Waals surface area contributed by atoms with Gasteiger partial charge in [-0.1, -0.05) is 153 Å². The Morgan fingerprint density at radius 1 is 0.361 bits per heavy atom. The van der Waals surface area contributed by atoms with Crippen LogP contribution >= 0.6 is 0 Å². The molecular weight excluding hydrogens is 735 g/mol. The molecule has 61 heavy (non-hydrogen) atoms. The highest BCUT2D eigenvalue weighted by molar-refractivity contribution is 5.93. The van der Waals surface area contributed by atoms with Gasteiger partial charge in [-0.15, -0.1) is 0 Å². The average Bonchev–Trinajstić information content (AvgIpc) is 3.72. The van der Waals surface area contributed by atoms with Crippen LogP contribution in [0, 0.1) is 23.7 Å². The molecule has 15 rings (SSSR count). The zero-order valence-electron chi connectivity index (χ0n) is 35.0. The monoisotopic (exact) mass is 783 g/mol. The zero-order valence-corrected chi connectivity index (χ0v) is 35.0. The second kappa shape index (κ2) is 12.0. The highest BCUT2D eigenvalue weighted by Crippen LogP contribution is 2.71. The molecule has 0 saturated heterocycles. The van der Waals surface area contributed by atoms with E-state index in [0.29, 0.717) is 11.8 Å². The summed E-state index contributed by atoms with van der Waals surface area (Å²) < 4.78 is 0. The van der Waals surface area contributed by atoms with E-state index in [-0.39, 0.29) is 10.8 Å². The topological polar surface area (TPSA) is 3.24 Å². The summed E-state index contributed by atoms with van der Waals surface area (Å²) in [6.07, 6.45) is 6.89. The Morgan fingerprint density at radius 2 is 0.820 bits per heavy atom. The van der Waals surface area contributed by atoms with Crippen LogP contribution in [0.25, 0.3) is 33.0 Å². The third-order valence-electron chi connectivity index (χ3n) is 17.1. The molecule has 0 aromatic heterocycles. The summed E-state index contributed by atoms with van der Waals surface area (Å²) in [6, 6.07) is 68.6. The summed E-state index contributed by atoms with van der Waals surface area (Å²) >= 11 is 0. The van der Waals surface area contributed by atoms with Crippen molar-refractivity contribution in [3.63, 3.8) is 0 Å². The fourth-order valence-corrected chi connectivity index (χ4v) is 15.0. The summed E-state index contributed by atoms with van der Waals surface area (Å²) in [5.74, 6) is 3.09. The number of hydrogen-bond donors (Lipinski definition) is 0. The average molecular weight is 784 g/mol. The molecule has 4 bridgehead atoms. The Labute approximate surface area is 359 Å². The van der Waals surface area contributed by atoms with Crippen LogP contribution in [0.5, 0.6) is 0 Å². The lowest BCUT2D eigenvalue weighted by atomic mass is 9.38. The molecule has 0 heterocycles. The standard InChI is InChI=1S/C60H49N/c1-58(2)50-18-8-5-15-46(50)49-27-25-44(35-56(49)58)61(43-24-23-39-13-3-4-14-40(39)34-43)45-26-28-55-57(36-45)60(51-19-9-6-16-47(51)48-17-7-10-20-52(48)60)54-22-12-11-21-53(54)59(55)41-30-37-29-38(32-41)33-42(59)31-37/h3-28,34-38,41-42H,29-33H2,1-2H3. The second-order valence-electron chi connectivity index (χ2n) is 20.1. The van der Waals surface area contributed by atoms with Crippen LogP contribution in [-0.4, -0.2) is 0 Å². The minimum absolute atomic E-state index is 0.00670. The van der Waals surface area contributed by atoms with Crippen molar-refractivity contribution >= 4 is 27.8 Å². The van der Waals surface area contributed by atoms with Gasteiger partial charge < -0.3 is 4.90 Å². The summed E-state index contributed by atoms with van der Waals surface area (Å²) in [6.45, 7) is 4.81. The molecule has 1 nitrogen and oxygen atoms in total. The van der Waals surface area contributed by atoms with Gasteiger partial charge in [0.15, 0.2) is 0 Å². The van der Waals surface area contributed by atoms with Crippen LogP contribution in [0.3, 0.4) is 0 Å². The SMILES string of the molecule is CC1(C)c2ccccc2-c2ccc(N(c3ccc4c(c3)C3(c5ccccc5-c5ccccc53)c3ccccc3C43C4CC5CC(C4)CC3C5)c3ccc4ccccc4c3)cc21. The first-order valence-corrected chi connectivity index (χ1v) is 22.9. The van der Waals surface area contributed by atoms with Crippen LogP contribution in [-0.2, 0) is 16.2 Å². The Balaban J connectivity index is 1.08. The summed E-state index contributed by atoms with van der Waals surface area (Å²) in [7, 11) is 0. The Kier molecular flexibility index (Phi) is 6.80. The maximum atomic E-state index is 2.68. The smallest absolute Gasteiger partial charge is 0.0720 e. The normalized spacial score (nSPS) is 24.6. The van der Waals surface area contributed by atoms with Crippen LogP contribution in [0.2, 0.25) is 0 Å². The minimum Gasteiger partial charge on any atom is -0.310 e. The molecule has 294 valence electrons. The van der Waals surface area contributed by atoms with Crippen LogP contribution in [0.4, 0.5) is 17.1 Å². The van der Waals surface area contributed by atoms with Crippen molar-refractivity contribution in [1.82, 2.24) is 0 Å². The molecule has 0 unspecified atom stereocenters. The molecule has 0 radical (unpaired) electrons. The van der Waals surface area contributed by atoms with Gasteiger partial charge in [-0.25, -0.2) is 0 Å². The van der Waals surface area contributed by atoms with Crippen LogP contribution in [0.15, 0.2) is 176 Å². The van der Waals surface area contributed by atoms with E-state index in [0.717, 1.165) is 11.8 Å². The third kappa shape index (κ3) is 4.28. The second-order valence-corrected chi connectivity index (χ2v) is 20.1. The molecule has 4 saturated carbocycles. The van der Waals surface area contributed by atoms with E-state index in [1.807, 2.05) is 0 Å². The van der Waals surface area contributed by atoms with Crippen molar-refractivity contribution in [2.75, 3.05) is 4.90 Å². The highest BCUT2D eigenvalue weighted by Gasteiger charge is 2.64. The van der Waals surface area contributed by atoms with E-state index in [1.165, 1.54) is 116 Å². The van der Waals surface area contributed by atoms with Gasteiger partial charge >= 0.3 is 0 Å². The van der Waals surface area contributed by atoms with Gasteiger partial charge in [-0.05, 0) is 170 Å². The highest BCUT2D eigenvalue weighted by atomic mass is 15.1. The van der Waals surface area contributed by atoms with Gasteiger partial charge in [0.2, 0.25) is 0 Å².